The number of carbonyl (C=O) groups excluding carboxylic acids is 1. The maximum absolute atomic E-state index is 10.6. The first-order valence-electron chi connectivity index (χ1n) is 6.12. The van der Waals surface area contributed by atoms with Crippen LogP contribution in [-0.4, -0.2) is 12.9 Å². The number of rotatable bonds is 5. The van der Waals surface area contributed by atoms with Gasteiger partial charge >= 0.3 is 0 Å². The number of ether oxygens (including phenoxy) is 1. The lowest BCUT2D eigenvalue weighted by Crippen LogP contribution is -1.96. The highest BCUT2D eigenvalue weighted by Gasteiger charge is 2.05. The molecule has 2 heteroatoms. The second-order valence-corrected chi connectivity index (χ2v) is 4.08. The molecule has 18 heavy (non-hydrogen) atoms. The molecule has 0 saturated carbocycles. The summed E-state index contributed by atoms with van der Waals surface area (Å²) in [7, 11) is 0. The molecule has 2 aromatic carbocycles. The van der Waals surface area contributed by atoms with Crippen LogP contribution >= 0.6 is 0 Å². The van der Waals surface area contributed by atoms with Gasteiger partial charge in [-0.2, -0.15) is 0 Å². The number of aldehydes is 1. The van der Waals surface area contributed by atoms with Gasteiger partial charge < -0.3 is 4.74 Å². The molecule has 2 rings (SSSR count). The normalized spacial score (nSPS) is 10.1. The molecule has 0 bridgehead atoms. The summed E-state index contributed by atoms with van der Waals surface area (Å²) >= 11 is 0. The van der Waals surface area contributed by atoms with E-state index in [0.29, 0.717) is 12.2 Å². The van der Waals surface area contributed by atoms with Crippen LogP contribution in [0.25, 0.3) is 11.1 Å². The van der Waals surface area contributed by atoms with Crippen LogP contribution in [0.5, 0.6) is 5.75 Å². The van der Waals surface area contributed by atoms with E-state index in [9.17, 15) is 4.79 Å². The molecule has 0 N–H and O–H groups in total. The van der Waals surface area contributed by atoms with Crippen molar-refractivity contribution in [1.29, 1.82) is 0 Å². The summed E-state index contributed by atoms with van der Waals surface area (Å²) in [5.74, 6) is 0.887. The molecule has 2 nitrogen and oxygen atoms in total. The van der Waals surface area contributed by atoms with Crippen LogP contribution in [0.15, 0.2) is 48.5 Å². The van der Waals surface area contributed by atoms with Gasteiger partial charge in [0.25, 0.3) is 0 Å². The van der Waals surface area contributed by atoms with Crippen LogP contribution in [0.3, 0.4) is 0 Å². The van der Waals surface area contributed by atoms with Gasteiger partial charge in [-0.3, -0.25) is 4.79 Å². The maximum Gasteiger partial charge on any atom is 0.150 e. The molecule has 0 radical (unpaired) electrons. The van der Waals surface area contributed by atoms with Crippen LogP contribution < -0.4 is 4.74 Å². The summed E-state index contributed by atoms with van der Waals surface area (Å²) < 4.78 is 5.73. The Hall–Kier alpha value is -2.09. The summed E-state index contributed by atoms with van der Waals surface area (Å²) in [6, 6.07) is 15.5. The summed E-state index contributed by atoms with van der Waals surface area (Å²) in [5, 5.41) is 0. The molecule has 0 unspecified atom stereocenters. The molecule has 0 spiro atoms. The number of benzene rings is 2. The Labute approximate surface area is 107 Å². The van der Waals surface area contributed by atoms with E-state index in [2.05, 4.69) is 6.92 Å². The minimum Gasteiger partial charge on any atom is -0.493 e. The monoisotopic (exact) mass is 240 g/mol. The van der Waals surface area contributed by atoms with E-state index in [1.165, 1.54) is 0 Å². The van der Waals surface area contributed by atoms with Crippen LogP contribution in [0.4, 0.5) is 0 Å². The molecule has 0 heterocycles. The quantitative estimate of drug-likeness (QED) is 0.739. The van der Waals surface area contributed by atoms with Crippen LogP contribution in [0.1, 0.15) is 23.7 Å². The predicted molar refractivity (Wildman–Crippen MR) is 73.1 cm³/mol. The van der Waals surface area contributed by atoms with Crippen LogP contribution in [-0.2, 0) is 0 Å². The Kier molecular flexibility index (Phi) is 4.13. The molecule has 0 amide bonds. The van der Waals surface area contributed by atoms with Gasteiger partial charge in [-0.15, -0.1) is 0 Å². The molecule has 92 valence electrons. The van der Waals surface area contributed by atoms with E-state index < -0.39 is 0 Å². The average molecular weight is 240 g/mol. The number of hydrogen-bond acceptors (Lipinski definition) is 2. The van der Waals surface area contributed by atoms with Gasteiger partial charge in [-0.1, -0.05) is 49.4 Å². The fourth-order valence-electron chi connectivity index (χ4n) is 1.78. The van der Waals surface area contributed by atoms with Gasteiger partial charge in [0.1, 0.15) is 12.0 Å². The minimum absolute atomic E-state index is 0.686. The van der Waals surface area contributed by atoms with Crippen molar-refractivity contribution in [2.75, 3.05) is 6.61 Å². The summed E-state index contributed by atoms with van der Waals surface area (Å²) in [5.41, 5.74) is 2.81. The highest BCUT2D eigenvalue weighted by atomic mass is 16.5. The number of carbonyl (C=O) groups is 1. The number of hydrogen-bond donors (Lipinski definition) is 0. The van der Waals surface area contributed by atoms with Gasteiger partial charge in [-0.25, -0.2) is 0 Å². The predicted octanol–water partition coefficient (Wildman–Crippen LogP) is 3.95. The van der Waals surface area contributed by atoms with Crippen LogP contribution in [0.2, 0.25) is 0 Å². The smallest absolute Gasteiger partial charge is 0.150 e. The summed E-state index contributed by atoms with van der Waals surface area (Å²) in [6.45, 7) is 2.80. The van der Waals surface area contributed by atoms with Crippen molar-refractivity contribution in [2.45, 2.75) is 13.3 Å². The lowest BCUT2D eigenvalue weighted by atomic mass is 10.0. The Bertz CT molecular complexity index is 515. The molecule has 0 atom stereocenters. The summed E-state index contributed by atoms with van der Waals surface area (Å²) in [4.78, 5) is 10.6. The van der Waals surface area contributed by atoms with E-state index in [4.69, 9.17) is 4.74 Å². The van der Waals surface area contributed by atoms with Gasteiger partial charge in [0.05, 0.1) is 6.61 Å². The van der Waals surface area contributed by atoms with Crippen molar-refractivity contribution >= 4 is 6.29 Å². The molecule has 0 aliphatic rings. The molecule has 2 aromatic rings. The standard InChI is InChI=1S/C16H16O2/c1-2-11-18-16-6-4-3-5-15(16)14-9-7-13(12-17)8-10-14/h3-10,12H,2,11H2,1H3. The fourth-order valence-corrected chi connectivity index (χ4v) is 1.78. The van der Waals surface area contributed by atoms with Crippen molar-refractivity contribution in [1.82, 2.24) is 0 Å². The molecular formula is C16H16O2. The lowest BCUT2D eigenvalue weighted by molar-refractivity contribution is 0.112. The van der Waals surface area contributed by atoms with Gasteiger partial charge in [0.2, 0.25) is 0 Å². The SMILES string of the molecule is CCCOc1ccccc1-c1ccc(C=O)cc1. The second kappa shape index (κ2) is 6.01. The largest absolute Gasteiger partial charge is 0.493 e. The molecule has 0 fully saturated rings. The Morgan fingerprint density at radius 2 is 1.78 bits per heavy atom. The highest BCUT2D eigenvalue weighted by Crippen LogP contribution is 2.29. The molecule has 0 aliphatic carbocycles. The zero-order valence-electron chi connectivity index (χ0n) is 10.4. The Morgan fingerprint density at radius 3 is 2.44 bits per heavy atom. The fraction of sp³-hybridized carbons (Fsp3) is 0.188. The zero-order chi connectivity index (χ0) is 12.8. The van der Waals surface area contributed by atoms with E-state index in [1.807, 2.05) is 48.5 Å². The van der Waals surface area contributed by atoms with Crippen molar-refractivity contribution in [3.05, 3.63) is 54.1 Å². The van der Waals surface area contributed by atoms with Crippen molar-refractivity contribution in [3.63, 3.8) is 0 Å². The van der Waals surface area contributed by atoms with Crippen molar-refractivity contribution in [2.24, 2.45) is 0 Å². The molecular weight excluding hydrogens is 224 g/mol. The Morgan fingerprint density at radius 1 is 1.06 bits per heavy atom. The van der Waals surface area contributed by atoms with E-state index >= 15 is 0 Å². The van der Waals surface area contributed by atoms with E-state index in [1.54, 1.807) is 0 Å². The third kappa shape index (κ3) is 2.77. The van der Waals surface area contributed by atoms with Gasteiger partial charge in [0.15, 0.2) is 0 Å². The minimum atomic E-state index is 0.686. The van der Waals surface area contributed by atoms with Crippen molar-refractivity contribution in [3.8, 4) is 16.9 Å². The summed E-state index contributed by atoms with van der Waals surface area (Å²) in [6.07, 6.45) is 1.84. The Balaban J connectivity index is 2.33. The maximum atomic E-state index is 10.6. The number of para-hydroxylation sites is 1. The van der Waals surface area contributed by atoms with Crippen LogP contribution in [0, 0.1) is 0 Å². The highest BCUT2D eigenvalue weighted by molar-refractivity contribution is 5.78. The zero-order valence-corrected chi connectivity index (χ0v) is 10.4. The van der Waals surface area contributed by atoms with E-state index in [-0.39, 0.29) is 0 Å². The molecule has 0 aromatic heterocycles. The van der Waals surface area contributed by atoms with Crippen molar-refractivity contribution < 1.29 is 9.53 Å². The first kappa shape index (κ1) is 12.4. The van der Waals surface area contributed by atoms with E-state index in [0.717, 1.165) is 29.6 Å². The third-order valence-corrected chi connectivity index (χ3v) is 2.71. The lowest BCUT2D eigenvalue weighted by Gasteiger charge is -2.10. The van der Waals surface area contributed by atoms with Gasteiger partial charge in [0, 0.05) is 11.1 Å². The first-order valence-corrected chi connectivity index (χ1v) is 6.12. The topological polar surface area (TPSA) is 26.3 Å². The molecule has 0 saturated heterocycles. The molecule has 0 aliphatic heterocycles. The third-order valence-electron chi connectivity index (χ3n) is 2.71. The van der Waals surface area contributed by atoms with Gasteiger partial charge in [-0.05, 0) is 18.1 Å². The average Bonchev–Trinajstić information content (AvgIpc) is 2.45. The first-order chi connectivity index (χ1) is 8.85. The second-order valence-electron chi connectivity index (χ2n) is 4.08.